The third-order valence-electron chi connectivity index (χ3n) is 2.21. The predicted molar refractivity (Wildman–Crippen MR) is 62.7 cm³/mol. The van der Waals surface area contributed by atoms with Gasteiger partial charge in [-0.1, -0.05) is 13.8 Å². The van der Waals surface area contributed by atoms with Crippen molar-refractivity contribution in [2.45, 2.75) is 33.2 Å². The summed E-state index contributed by atoms with van der Waals surface area (Å²) in [6.45, 7) is 6.86. The highest BCUT2D eigenvalue weighted by Gasteiger charge is 2.05. The van der Waals surface area contributed by atoms with Crippen LogP contribution in [0.1, 0.15) is 32.4 Å². The lowest BCUT2D eigenvalue weighted by atomic mass is 10.3. The number of nitrogens with zero attached hydrogens (tertiary/aromatic N) is 3. The first-order valence-electron chi connectivity index (χ1n) is 5.57. The highest BCUT2D eigenvalue weighted by atomic mass is 15.2. The number of aromatic nitrogens is 2. The van der Waals surface area contributed by atoms with Crippen LogP contribution >= 0.6 is 0 Å². The van der Waals surface area contributed by atoms with Gasteiger partial charge in [-0.05, 0) is 12.8 Å². The van der Waals surface area contributed by atoms with Crippen molar-refractivity contribution in [1.82, 2.24) is 9.97 Å². The average Bonchev–Trinajstić information content (AvgIpc) is 2.29. The quantitative estimate of drug-likeness (QED) is 0.771. The number of nitrogens with two attached hydrogens (primary N) is 1. The lowest BCUT2D eigenvalue weighted by Gasteiger charge is -2.21. The molecule has 0 saturated heterocycles. The summed E-state index contributed by atoms with van der Waals surface area (Å²) in [5, 5.41) is 0. The summed E-state index contributed by atoms with van der Waals surface area (Å²) >= 11 is 0. The van der Waals surface area contributed by atoms with Crippen LogP contribution in [0, 0.1) is 0 Å². The molecule has 0 aliphatic heterocycles. The maximum Gasteiger partial charge on any atom is 0.147 e. The second-order valence-electron chi connectivity index (χ2n) is 3.56. The van der Waals surface area contributed by atoms with Gasteiger partial charge in [-0.15, -0.1) is 0 Å². The molecule has 0 bridgehead atoms. The molecule has 0 atom stereocenters. The van der Waals surface area contributed by atoms with Crippen LogP contribution < -0.4 is 10.6 Å². The largest absolute Gasteiger partial charge is 0.355 e. The van der Waals surface area contributed by atoms with Gasteiger partial charge in [0.25, 0.3) is 0 Å². The molecule has 2 N–H and O–H groups in total. The van der Waals surface area contributed by atoms with Crippen molar-refractivity contribution >= 4 is 5.82 Å². The Morgan fingerprint density at radius 2 is 1.80 bits per heavy atom. The number of anilines is 1. The molecule has 1 rings (SSSR count). The molecule has 4 heteroatoms. The summed E-state index contributed by atoms with van der Waals surface area (Å²) in [7, 11) is 0. The molecule has 0 aliphatic carbocycles. The monoisotopic (exact) mass is 208 g/mol. The highest BCUT2D eigenvalue weighted by molar-refractivity contribution is 5.35. The van der Waals surface area contributed by atoms with Crippen molar-refractivity contribution in [3.63, 3.8) is 0 Å². The molecule has 15 heavy (non-hydrogen) atoms. The molecule has 4 nitrogen and oxygen atoms in total. The van der Waals surface area contributed by atoms with Gasteiger partial charge in [-0.2, -0.15) is 0 Å². The Hall–Kier alpha value is -1.16. The van der Waals surface area contributed by atoms with Gasteiger partial charge in [0.15, 0.2) is 0 Å². The maximum absolute atomic E-state index is 5.48. The first-order chi connectivity index (χ1) is 7.31. The van der Waals surface area contributed by atoms with Crippen LogP contribution in [-0.4, -0.2) is 23.1 Å². The molecule has 1 aromatic rings. The minimum Gasteiger partial charge on any atom is -0.355 e. The van der Waals surface area contributed by atoms with Crippen LogP contribution in [0.3, 0.4) is 0 Å². The van der Waals surface area contributed by atoms with Gasteiger partial charge in [0.1, 0.15) is 5.82 Å². The summed E-state index contributed by atoms with van der Waals surface area (Å²) in [5.74, 6) is 0.955. The lowest BCUT2D eigenvalue weighted by molar-refractivity contribution is 0.730. The molecule has 0 fully saturated rings. The van der Waals surface area contributed by atoms with Crippen LogP contribution in [-0.2, 0) is 6.54 Å². The van der Waals surface area contributed by atoms with Crippen molar-refractivity contribution in [1.29, 1.82) is 0 Å². The number of hydrogen-bond donors (Lipinski definition) is 1. The van der Waals surface area contributed by atoms with Gasteiger partial charge in [0.2, 0.25) is 0 Å². The van der Waals surface area contributed by atoms with Crippen molar-refractivity contribution in [2.24, 2.45) is 5.73 Å². The third kappa shape index (κ3) is 3.47. The fourth-order valence-electron chi connectivity index (χ4n) is 1.50. The van der Waals surface area contributed by atoms with Crippen LogP contribution in [0.5, 0.6) is 0 Å². The standard InChI is InChI=1S/C11H20N4/c1-3-5-15(6-4-2)11-9-13-10(7-12)8-14-11/h8-9H,3-7,12H2,1-2H3. The molecule has 0 spiro atoms. The topological polar surface area (TPSA) is 55.0 Å². The Bertz CT molecular complexity index is 264. The van der Waals surface area contributed by atoms with Crippen molar-refractivity contribution < 1.29 is 0 Å². The predicted octanol–water partition coefficient (Wildman–Crippen LogP) is 1.56. The Kier molecular flexibility index (Phi) is 5.04. The molecule has 84 valence electrons. The molecular formula is C11H20N4. The van der Waals surface area contributed by atoms with Crippen molar-refractivity contribution in [2.75, 3.05) is 18.0 Å². The smallest absolute Gasteiger partial charge is 0.147 e. The van der Waals surface area contributed by atoms with E-state index in [2.05, 4.69) is 28.7 Å². The van der Waals surface area contributed by atoms with Gasteiger partial charge < -0.3 is 10.6 Å². The Labute approximate surface area is 91.5 Å². The third-order valence-corrected chi connectivity index (χ3v) is 2.21. The minimum absolute atomic E-state index is 0.453. The molecule has 0 unspecified atom stereocenters. The number of hydrogen-bond acceptors (Lipinski definition) is 4. The summed E-state index contributed by atoms with van der Waals surface area (Å²) in [6.07, 6.45) is 5.82. The normalized spacial score (nSPS) is 10.3. The summed E-state index contributed by atoms with van der Waals surface area (Å²) in [6, 6.07) is 0. The first kappa shape index (κ1) is 11.9. The van der Waals surface area contributed by atoms with Gasteiger partial charge >= 0.3 is 0 Å². The summed E-state index contributed by atoms with van der Waals surface area (Å²) in [4.78, 5) is 10.9. The summed E-state index contributed by atoms with van der Waals surface area (Å²) < 4.78 is 0. The zero-order valence-corrected chi connectivity index (χ0v) is 9.61. The number of rotatable bonds is 6. The van der Waals surface area contributed by atoms with E-state index in [0.717, 1.165) is 37.4 Å². The van der Waals surface area contributed by atoms with Crippen molar-refractivity contribution in [3.05, 3.63) is 18.1 Å². The maximum atomic E-state index is 5.48. The molecule has 0 saturated carbocycles. The highest BCUT2D eigenvalue weighted by Crippen LogP contribution is 2.09. The van der Waals surface area contributed by atoms with Crippen molar-refractivity contribution in [3.8, 4) is 0 Å². The zero-order chi connectivity index (χ0) is 11.1. The van der Waals surface area contributed by atoms with E-state index in [1.165, 1.54) is 0 Å². The van der Waals surface area contributed by atoms with E-state index in [0.29, 0.717) is 6.54 Å². The molecule has 0 aliphatic rings. The van der Waals surface area contributed by atoms with E-state index in [1.807, 2.05) is 6.20 Å². The molecule has 1 aromatic heterocycles. The minimum atomic E-state index is 0.453. The van der Waals surface area contributed by atoms with Crippen LogP contribution in [0.25, 0.3) is 0 Å². The van der Waals surface area contributed by atoms with E-state index in [4.69, 9.17) is 5.73 Å². The average molecular weight is 208 g/mol. The van der Waals surface area contributed by atoms with Gasteiger partial charge in [-0.3, -0.25) is 4.98 Å². The molecule has 0 aromatic carbocycles. The van der Waals surface area contributed by atoms with Gasteiger partial charge in [-0.25, -0.2) is 4.98 Å². The van der Waals surface area contributed by atoms with Crippen LogP contribution in [0.15, 0.2) is 12.4 Å². The first-order valence-corrected chi connectivity index (χ1v) is 5.57. The van der Waals surface area contributed by atoms with E-state index >= 15 is 0 Å². The molecule has 0 amide bonds. The van der Waals surface area contributed by atoms with E-state index in [9.17, 15) is 0 Å². The SMILES string of the molecule is CCCN(CCC)c1cnc(CN)cn1. The molecule has 1 heterocycles. The fraction of sp³-hybridized carbons (Fsp3) is 0.636. The Balaban J connectivity index is 2.72. The second kappa shape index (κ2) is 6.35. The van der Waals surface area contributed by atoms with Gasteiger partial charge in [0, 0.05) is 19.6 Å². The van der Waals surface area contributed by atoms with E-state index < -0.39 is 0 Å². The fourth-order valence-corrected chi connectivity index (χ4v) is 1.50. The Morgan fingerprint density at radius 3 is 2.20 bits per heavy atom. The Morgan fingerprint density at radius 1 is 1.13 bits per heavy atom. The lowest BCUT2D eigenvalue weighted by Crippen LogP contribution is -2.26. The van der Waals surface area contributed by atoms with E-state index in [-0.39, 0.29) is 0 Å². The zero-order valence-electron chi connectivity index (χ0n) is 9.61. The molecular weight excluding hydrogens is 188 g/mol. The van der Waals surface area contributed by atoms with E-state index in [1.54, 1.807) is 6.20 Å². The molecule has 0 radical (unpaired) electrons. The van der Waals surface area contributed by atoms with Crippen LogP contribution in [0.4, 0.5) is 5.82 Å². The van der Waals surface area contributed by atoms with Gasteiger partial charge in [0.05, 0.1) is 18.1 Å². The second-order valence-corrected chi connectivity index (χ2v) is 3.56. The summed E-state index contributed by atoms with van der Waals surface area (Å²) in [5.41, 5.74) is 6.32. The van der Waals surface area contributed by atoms with Crippen LogP contribution in [0.2, 0.25) is 0 Å².